The molecule has 0 amide bonds. The molecule has 0 fully saturated rings. The quantitative estimate of drug-likeness (QED) is 0.560. The third kappa shape index (κ3) is 2.50. The van der Waals surface area contributed by atoms with E-state index >= 15 is 0 Å². The number of hydrazine groups is 1. The van der Waals surface area contributed by atoms with E-state index in [9.17, 15) is 0 Å². The van der Waals surface area contributed by atoms with Crippen LogP contribution >= 0.6 is 0 Å². The van der Waals surface area contributed by atoms with Crippen LogP contribution in [-0.4, -0.2) is 15.0 Å². The van der Waals surface area contributed by atoms with Gasteiger partial charge in [-0.3, -0.25) is 10.4 Å². The van der Waals surface area contributed by atoms with Gasteiger partial charge in [0, 0.05) is 17.1 Å². The molecular weight excluding hydrogens is 254 g/mol. The molecule has 100 valence electrons. The largest absolute Gasteiger partial charge is 0.437 e. The Balaban J connectivity index is 1.94. The summed E-state index contributed by atoms with van der Waals surface area (Å²) < 4.78 is 5.70. The molecule has 0 aliphatic carbocycles. The van der Waals surface area contributed by atoms with Gasteiger partial charge in [0.25, 0.3) is 0 Å². The van der Waals surface area contributed by atoms with Crippen LogP contribution in [0.25, 0.3) is 10.9 Å². The molecule has 20 heavy (non-hydrogen) atoms. The number of anilines is 1. The standard InChI is InChI=1S/C14H13N5O/c1-9-6-13(18-14(17-9)19-15)20-11-7-10-4-2-3-5-12(10)16-8-11/h2-8H,15H2,1H3,(H,17,18,19). The van der Waals surface area contributed by atoms with Crippen molar-refractivity contribution in [1.29, 1.82) is 0 Å². The van der Waals surface area contributed by atoms with Crippen LogP contribution in [0.3, 0.4) is 0 Å². The number of pyridine rings is 1. The van der Waals surface area contributed by atoms with Crippen molar-refractivity contribution in [3.63, 3.8) is 0 Å². The van der Waals surface area contributed by atoms with E-state index in [1.54, 1.807) is 12.3 Å². The minimum atomic E-state index is 0.314. The molecule has 2 aromatic heterocycles. The molecule has 1 aromatic carbocycles. The minimum absolute atomic E-state index is 0.314. The number of fused-ring (bicyclic) bond motifs is 1. The highest BCUT2D eigenvalue weighted by molar-refractivity contribution is 5.79. The number of nitrogens with zero attached hydrogens (tertiary/aromatic N) is 3. The number of para-hydroxylation sites is 1. The van der Waals surface area contributed by atoms with Crippen molar-refractivity contribution >= 4 is 16.9 Å². The topological polar surface area (TPSA) is 86.0 Å². The molecule has 3 N–H and O–H groups in total. The Bertz CT molecular complexity index is 759. The number of rotatable bonds is 3. The fraction of sp³-hybridized carbons (Fsp3) is 0.0714. The molecule has 0 unspecified atom stereocenters. The predicted octanol–water partition coefficient (Wildman–Crippen LogP) is 2.41. The summed E-state index contributed by atoms with van der Waals surface area (Å²) in [7, 11) is 0. The maximum atomic E-state index is 5.70. The van der Waals surface area contributed by atoms with Gasteiger partial charge >= 0.3 is 0 Å². The van der Waals surface area contributed by atoms with Crippen LogP contribution in [0, 0.1) is 6.92 Å². The van der Waals surface area contributed by atoms with Crippen LogP contribution in [0.15, 0.2) is 42.6 Å². The third-order valence-electron chi connectivity index (χ3n) is 2.75. The maximum absolute atomic E-state index is 5.70. The third-order valence-corrected chi connectivity index (χ3v) is 2.75. The van der Waals surface area contributed by atoms with Gasteiger partial charge in [-0.1, -0.05) is 18.2 Å². The van der Waals surface area contributed by atoms with E-state index in [2.05, 4.69) is 20.4 Å². The van der Waals surface area contributed by atoms with E-state index in [1.165, 1.54) is 0 Å². The summed E-state index contributed by atoms with van der Waals surface area (Å²) in [5, 5.41) is 1.01. The molecule has 0 bridgehead atoms. The second-order valence-corrected chi connectivity index (χ2v) is 4.28. The van der Waals surface area contributed by atoms with Crippen molar-refractivity contribution in [2.24, 2.45) is 5.84 Å². The average molecular weight is 267 g/mol. The highest BCUT2D eigenvalue weighted by Gasteiger charge is 2.05. The van der Waals surface area contributed by atoms with Crippen LogP contribution in [-0.2, 0) is 0 Å². The van der Waals surface area contributed by atoms with Gasteiger partial charge in [-0.05, 0) is 19.1 Å². The molecule has 0 aliphatic heterocycles. The molecule has 6 nitrogen and oxygen atoms in total. The zero-order valence-electron chi connectivity index (χ0n) is 10.9. The second-order valence-electron chi connectivity index (χ2n) is 4.28. The van der Waals surface area contributed by atoms with Gasteiger partial charge in [-0.15, -0.1) is 0 Å². The minimum Gasteiger partial charge on any atom is -0.437 e. The van der Waals surface area contributed by atoms with Gasteiger partial charge in [0.15, 0.2) is 0 Å². The van der Waals surface area contributed by atoms with Crippen molar-refractivity contribution in [2.75, 3.05) is 5.43 Å². The van der Waals surface area contributed by atoms with Crippen molar-refractivity contribution in [3.8, 4) is 11.6 Å². The molecular formula is C14H13N5O. The van der Waals surface area contributed by atoms with Gasteiger partial charge in [0.05, 0.1) is 11.7 Å². The Morgan fingerprint density at radius 2 is 2.00 bits per heavy atom. The summed E-state index contributed by atoms with van der Waals surface area (Å²) in [6.07, 6.45) is 1.66. The zero-order valence-corrected chi connectivity index (χ0v) is 10.9. The summed E-state index contributed by atoms with van der Waals surface area (Å²) >= 11 is 0. The highest BCUT2D eigenvalue weighted by Crippen LogP contribution is 2.23. The molecule has 3 aromatic rings. The van der Waals surface area contributed by atoms with Crippen molar-refractivity contribution in [3.05, 3.63) is 48.3 Å². The van der Waals surface area contributed by atoms with E-state index in [0.29, 0.717) is 17.6 Å². The summed E-state index contributed by atoms with van der Waals surface area (Å²) in [5.74, 6) is 6.66. The van der Waals surface area contributed by atoms with Gasteiger partial charge in [-0.2, -0.15) is 4.98 Å². The Kier molecular flexibility index (Phi) is 3.14. The SMILES string of the molecule is Cc1cc(Oc2cnc3ccccc3c2)nc(NN)n1. The van der Waals surface area contributed by atoms with Gasteiger partial charge in [-0.25, -0.2) is 10.8 Å². The molecule has 6 heteroatoms. The zero-order chi connectivity index (χ0) is 13.9. The van der Waals surface area contributed by atoms with Crippen LogP contribution in [0.1, 0.15) is 5.69 Å². The Morgan fingerprint density at radius 3 is 2.85 bits per heavy atom. The number of nitrogens with two attached hydrogens (primary N) is 1. The van der Waals surface area contributed by atoms with Crippen LogP contribution in [0.5, 0.6) is 11.6 Å². The van der Waals surface area contributed by atoms with E-state index < -0.39 is 0 Å². The first-order valence-electron chi connectivity index (χ1n) is 6.09. The number of aromatic nitrogens is 3. The number of nitrogen functional groups attached to an aromatic ring is 1. The Labute approximate surface area is 115 Å². The van der Waals surface area contributed by atoms with Gasteiger partial charge in [0.2, 0.25) is 11.8 Å². The molecule has 0 atom stereocenters. The molecule has 3 rings (SSSR count). The monoisotopic (exact) mass is 267 g/mol. The number of hydrogen-bond donors (Lipinski definition) is 2. The first kappa shape index (κ1) is 12.3. The first-order valence-corrected chi connectivity index (χ1v) is 6.09. The molecule has 0 saturated carbocycles. The number of benzene rings is 1. The normalized spacial score (nSPS) is 10.5. The predicted molar refractivity (Wildman–Crippen MR) is 76.4 cm³/mol. The highest BCUT2D eigenvalue weighted by atomic mass is 16.5. The summed E-state index contributed by atoms with van der Waals surface area (Å²) in [6, 6.07) is 11.5. The first-order chi connectivity index (χ1) is 9.74. The van der Waals surface area contributed by atoms with Crippen molar-refractivity contribution in [2.45, 2.75) is 6.92 Å². The Hall–Kier alpha value is -2.73. The molecule has 2 heterocycles. The molecule has 0 spiro atoms. The van der Waals surface area contributed by atoms with E-state index in [0.717, 1.165) is 16.6 Å². The molecule has 0 radical (unpaired) electrons. The lowest BCUT2D eigenvalue weighted by Crippen LogP contribution is -2.11. The van der Waals surface area contributed by atoms with Gasteiger partial charge < -0.3 is 4.74 Å². The average Bonchev–Trinajstić information content (AvgIpc) is 2.46. The van der Waals surface area contributed by atoms with Crippen molar-refractivity contribution in [1.82, 2.24) is 15.0 Å². The number of aryl methyl sites for hydroxylation is 1. The lowest BCUT2D eigenvalue weighted by atomic mass is 10.2. The van der Waals surface area contributed by atoms with Gasteiger partial charge in [0.1, 0.15) is 5.75 Å². The fourth-order valence-corrected chi connectivity index (χ4v) is 1.88. The molecule has 0 aliphatic rings. The smallest absolute Gasteiger partial charge is 0.240 e. The lowest BCUT2D eigenvalue weighted by Gasteiger charge is -2.07. The Morgan fingerprint density at radius 1 is 1.15 bits per heavy atom. The van der Waals surface area contributed by atoms with Crippen molar-refractivity contribution < 1.29 is 4.74 Å². The number of nitrogens with one attached hydrogen (secondary N) is 1. The van der Waals surface area contributed by atoms with Crippen LogP contribution in [0.2, 0.25) is 0 Å². The fourth-order valence-electron chi connectivity index (χ4n) is 1.88. The van der Waals surface area contributed by atoms with Crippen LogP contribution < -0.4 is 16.0 Å². The maximum Gasteiger partial charge on any atom is 0.240 e. The van der Waals surface area contributed by atoms with E-state index in [4.69, 9.17) is 10.6 Å². The summed E-state index contributed by atoms with van der Waals surface area (Å²) in [6.45, 7) is 1.84. The van der Waals surface area contributed by atoms with E-state index in [-0.39, 0.29) is 0 Å². The van der Waals surface area contributed by atoms with E-state index in [1.807, 2.05) is 37.3 Å². The number of ether oxygens (including phenoxy) is 1. The lowest BCUT2D eigenvalue weighted by molar-refractivity contribution is 0.460. The molecule has 0 saturated heterocycles. The second kappa shape index (κ2) is 5.10. The summed E-state index contributed by atoms with van der Waals surface area (Å²) in [5.41, 5.74) is 4.09. The number of hydrogen-bond acceptors (Lipinski definition) is 6. The summed E-state index contributed by atoms with van der Waals surface area (Å²) in [4.78, 5) is 12.6. The van der Waals surface area contributed by atoms with Crippen LogP contribution in [0.4, 0.5) is 5.95 Å².